The van der Waals surface area contributed by atoms with Crippen LogP contribution in [0.2, 0.25) is 0 Å². The van der Waals surface area contributed by atoms with Crippen LogP contribution in [-0.4, -0.2) is 15.8 Å². The van der Waals surface area contributed by atoms with Crippen LogP contribution in [0.3, 0.4) is 0 Å². The highest BCUT2D eigenvalue weighted by Crippen LogP contribution is 2.25. The maximum atomic E-state index is 4.53. The Hall–Kier alpha value is -2.92. The number of nitrogens with zero attached hydrogens (tertiary/aromatic N) is 3. The Morgan fingerprint density at radius 3 is 2.58 bits per heavy atom. The maximum Gasteiger partial charge on any atom is 0.204 e. The summed E-state index contributed by atoms with van der Waals surface area (Å²) in [7, 11) is 0. The number of thiazole rings is 1. The van der Waals surface area contributed by atoms with Crippen LogP contribution in [-0.2, 0) is 0 Å². The third-order valence-electron chi connectivity index (χ3n) is 4.42. The van der Waals surface area contributed by atoms with Crippen molar-refractivity contribution in [3.8, 4) is 5.69 Å². The average Bonchev–Trinajstić information content (AvgIpc) is 3.17. The van der Waals surface area contributed by atoms with E-state index in [4.69, 9.17) is 0 Å². The van der Waals surface area contributed by atoms with Crippen molar-refractivity contribution in [1.29, 1.82) is 0 Å². The number of anilines is 1. The first-order chi connectivity index (χ1) is 12.6. The number of aryl methyl sites for hydroxylation is 2. The molecule has 2 heterocycles. The normalized spacial score (nSPS) is 11.5. The first-order valence-electron chi connectivity index (χ1n) is 8.52. The zero-order valence-corrected chi connectivity index (χ0v) is 15.8. The summed E-state index contributed by atoms with van der Waals surface area (Å²) in [6, 6.07) is 18.8. The molecule has 0 saturated heterocycles. The molecule has 0 amide bonds. The number of para-hydroxylation sites is 1. The fraction of sp³-hybridized carbons (Fsp3) is 0.143. The first kappa shape index (κ1) is 16.5. The predicted molar refractivity (Wildman–Crippen MR) is 111 cm³/mol. The van der Waals surface area contributed by atoms with Crippen LogP contribution in [0.1, 0.15) is 22.5 Å². The van der Waals surface area contributed by atoms with Crippen LogP contribution >= 0.6 is 11.3 Å². The summed E-state index contributed by atoms with van der Waals surface area (Å²) in [6.45, 7) is 6.34. The Labute approximate surface area is 156 Å². The van der Waals surface area contributed by atoms with Gasteiger partial charge in [-0.3, -0.25) is 5.43 Å². The van der Waals surface area contributed by atoms with Gasteiger partial charge >= 0.3 is 0 Å². The van der Waals surface area contributed by atoms with Gasteiger partial charge in [-0.2, -0.15) is 5.10 Å². The SMILES string of the molecule is Cc1ccc(-n2c(C)cc(/C=N/Nc3nc4ccccc4s3)c2C)cc1. The molecule has 1 N–H and O–H groups in total. The van der Waals surface area contributed by atoms with Crippen molar-refractivity contribution in [2.24, 2.45) is 5.10 Å². The van der Waals surface area contributed by atoms with Crippen molar-refractivity contribution in [3.05, 3.63) is 77.1 Å². The highest BCUT2D eigenvalue weighted by molar-refractivity contribution is 7.22. The van der Waals surface area contributed by atoms with E-state index in [0.29, 0.717) is 0 Å². The summed E-state index contributed by atoms with van der Waals surface area (Å²) >= 11 is 1.60. The van der Waals surface area contributed by atoms with Crippen molar-refractivity contribution in [1.82, 2.24) is 9.55 Å². The van der Waals surface area contributed by atoms with Crippen molar-refractivity contribution >= 4 is 32.9 Å². The zero-order valence-electron chi connectivity index (χ0n) is 15.0. The standard InChI is InChI=1S/C21H20N4S/c1-14-8-10-18(11-9-14)25-15(2)12-17(16(25)3)13-22-24-21-23-19-6-4-5-7-20(19)26-21/h4-13H,1-3H3,(H,23,24)/b22-13+. The van der Waals surface area contributed by atoms with Gasteiger partial charge in [0.15, 0.2) is 0 Å². The van der Waals surface area contributed by atoms with Crippen molar-refractivity contribution in [2.45, 2.75) is 20.8 Å². The quantitative estimate of drug-likeness (QED) is 0.388. The Morgan fingerprint density at radius 1 is 1.04 bits per heavy atom. The Morgan fingerprint density at radius 2 is 1.81 bits per heavy atom. The molecule has 0 radical (unpaired) electrons. The summed E-state index contributed by atoms with van der Waals surface area (Å²) in [5.41, 5.74) is 9.93. The minimum absolute atomic E-state index is 0.801. The van der Waals surface area contributed by atoms with E-state index < -0.39 is 0 Å². The lowest BCUT2D eigenvalue weighted by Crippen LogP contribution is -1.99. The van der Waals surface area contributed by atoms with Crippen LogP contribution in [0, 0.1) is 20.8 Å². The van der Waals surface area contributed by atoms with E-state index >= 15 is 0 Å². The van der Waals surface area contributed by atoms with E-state index in [1.807, 2.05) is 24.4 Å². The third-order valence-corrected chi connectivity index (χ3v) is 5.36. The van der Waals surface area contributed by atoms with E-state index in [9.17, 15) is 0 Å². The van der Waals surface area contributed by atoms with Crippen LogP contribution in [0.4, 0.5) is 5.13 Å². The molecule has 0 atom stereocenters. The molecule has 2 aromatic carbocycles. The van der Waals surface area contributed by atoms with Gasteiger partial charge < -0.3 is 4.57 Å². The molecule has 0 unspecified atom stereocenters. The number of hydrogen-bond acceptors (Lipinski definition) is 4. The van der Waals surface area contributed by atoms with E-state index in [0.717, 1.165) is 20.9 Å². The number of rotatable bonds is 4. The predicted octanol–water partition coefficient (Wildman–Crippen LogP) is 5.46. The molecule has 4 rings (SSSR count). The van der Waals surface area contributed by atoms with Gasteiger partial charge in [-0.1, -0.05) is 41.2 Å². The van der Waals surface area contributed by atoms with Crippen LogP contribution in [0.5, 0.6) is 0 Å². The summed E-state index contributed by atoms with van der Waals surface area (Å²) in [6.07, 6.45) is 1.86. The summed E-state index contributed by atoms with van der Waals surface area (Å²) in [5.74, 6) is 0. The summed E-state index contributed by atoms with van der Waals surface area (Å²) in [4.78, 5) is 4.53. The van der Waals surface area contributed by atoms with Crippen LogP contribution < -0.4 is 5.43 Å². The Bertz CT molecular complexity index is 1050. The fourth-order valence-electron chi connectivity index (χ4n) is 3.09. The van der Waals surface area contributed by atoms with Gasteiger partial charge in [0.2, 0.25) is 5.13 Å². The van der Waals surface area contributed by atoms with E-state index in [-0.39, 0.29) is 0 Å². The lowest BCUT2D eigenvalue weighted by atomic mass is 10.2. The largest absolute Gasteiger partial charge is 0.318 e. The molecule has 0 aliphatic heterocycles. The van der Waals surface area contributed by atoms with Crippen molar-refractivity contribution in [2.75, 3.05) is 5.43 Å². The molecule has 0 aliphatic rings. The highest BCUT2D eigenvalue weighted by Gasteiger charge is 2.09. The summed E-state index contributed by atoms with van der Waals surface area (Å²) in [5, 5.41) is 5.19. The van der Waals surface area contributed by atoms with Crippen LogP contribution in [0.15, 0.2) is 59.7 Å². The maximum absolute atomic E-state index is 4.53. The van der Waals surface area contributed by atoms with Gasteiger partial charge in [0.25, 0.3) is 0 Å². The third kappa shape index (κ3) is 3.13. The Balaban J connectivity index is 1.57. The molecule has 0 bridgehead atoms. The van der Waals surface area contributed by atoms with Gasteiger partial charge in [0, 0.05) is 22.6 Å². The molecular weight excluding hydrogens is 340 g/mol. The van der Waals surface area contributed by atoms with Gasteiger partial charge in [-0.25, -0.2) is 4.98 Å². The monoisotopic (exact) mass is 360 g/mol. The lowest BCUT2D eigenvalue weighted by Gasteiger charge is -2.09. The van der Waals surface area contributed by atoms with Gasteiger partial charge in [-0.05, 0) is 51.1 Å². The number of fused-ring (bicyclic) bond motifs is 1. The molecule has 4 nitrogen and oxygen atoms in total. The van der Waals surface area contributed by atoms with Gasteiger partial charge in [0.1, 0.15) is 0 Å². The number of hydrazone groups is 1. The first-order valence-corrected chi connectivity index (χ1v) is 9.34. The molecular formula is C21H20N4S. The number of aromatic nitrogens is 2. The second-order valence-corrected chi connectivity index (χ2v) is 7.38. The van der Waals surface area contributed by atoms with E-state index in [1.54, 1.807) is 11.3 Å². The second kappa shape index (κ2) is 6.77. The molecule has 26 heavy (non-hydrogen) atoms. The lowest BCUT2D eigenvalue weighted by molar-refractivity contribution is 0.964. The minimum atomic E-state index is 0.801. The van der Waals surface area contributed by atoms with Crippen LogP contribution in [0.25, 0.3) is 15.9 Å². The Kier molecular flexibility index (Phi) is 4.31. The number of nitrogens with one attached hydrogen (secondary N) is 1. The van der Waals surface area contributed by atoms with Gasteiger partial charge in [0.05, 0.1) is 16.4 Å². The van der Waals surface area contributed by atoms with Gasteiger partial charge in [-0.15, -0.1) is 0 Å². The molecule has 0 fully saturated rings. The highest BCUT2D eigenvalue weighted by atomic mass is 32.1. The average molecular weight is 360 g/mol. The zero-order chi connectivity index (χ0) is 18.1. The molecule has 4 aromatic rings. The molecule has 2 aromatic heterocycles. The fourth-order valence-corrected chi connectivity index (χ4v) is 3.90. The van der Waals surface area contributed by atoms with Crippen molar-refractivity contribution in [3.63, 3.8) is 0 Å². The minimum Gasteiger partial charge on any atom is -0.318 e. The van der Waals surface area contributed by atoms with Crippen molar-refractivity contribution < 1.29 is 0 Å². The molecule has 130 valence electrons. The topological polar surface area (TPSA) is 42.2 Å². The van der Waals surface area contributed by atoms with E-state index in [1.165, 1.54) is 22.6 Å². The molecule has 0 saturated carbocycles. The second-order valence-electron chi connectivity index (χ2n) is 6.35. The molecule has 0 aliphatic carbocycles. The smallest absolute Gasteiger partial charge is 0.204 e. The molecule has 5 heteroatoms. The summed E-state index contributed by atoms with van der Waals surface area (Å²) < 4.78 is 3.40. The number of benzene rings is 2. The number of hydrogen-bond donors (Lipinski definition) is 1. The molecule has 0 spiro atoms. The van der Waals surface area contributed by atoms with E-state index in [2.05, 4.69) is 77.2 Å².